The zero-order valence-electron chi connectivity index (χ0n) is 17.3. The molecule has 2 heterocycles. The van der Waals surface area contributed by atoms with Crippen LogP contribution in [0.3, 0.4) is 0 Å². The molecule has 6 heteroatoms. The number of thiophene rings is 1. The van der Waals surface area contributed by atoms with Crippen LogP contribution in [0, 0.1) is 0 Å². The SMILES string of the molecule is O=c1c2c3c(sc2ncn1Cc1ccccc1)CC(NCC1(O)CCCCC1)CC3. The van der Waals surface area contributed by atoms with Crippen LogP contribution < -0.4 is 10.9 Å². The summed E-state index contributed by atoms with van der Waals surface area (Å²) < 4.78 is 1.73. The Hall–Kier alpha value is -2.02. The quantitative estimate of drug-likeness (QED) is 0.657. The van der Waals surface area contributed by atoms with E-state index in [0.717, 1.165) is 60.7 Å². The highest BCUT2D eigenvalue weighted by Gasteiger charge is 2.31. The van der Waals surface area contributed by atoms with Crippen LogP contribution in [0.5, 0.6) is 0 Å². The van der Waals surface area contributed by atoms with E-state index >= 15 is 0 Å². The van der Waals surface area contributed by atoms with Gasteiger partial charge in [-0.3, -0.25) is 9.36 Å². The van der Waals surface area contributed by atoms with E-state index in [1.54, 1.807) is 22.2 Å². The minimum atomic E-state index is -0.536. The normalized spacial score (nSPS) is 20.9. The molecule has 0 radical (unpaired) electrons. The molecule has 1 unspecified atom stereocenters. The fourth-order valence-electron chi connectivity index (χ4n) is 4.99. The Kier molecular flexibility index (Phi) is 5.48. The largest absolute Gasteiger partial charge is 0.389 e. The molecule has 0 saturated heterocycles. The van der Waals surface area contributed by atoms with Gasteiger partial charge in [0.05, 0.1) is 23.9 Å². The van der Waals surface area contributed by atoms with Gasteiger partial charge in [0, 0.05) is 17.5 Å². The molecule has 0 amide bonds. The fourth-order valence-corrected chi connectivity index (χ4v) is 6.25. The highest BCUT2D eigenvalue weighted by atomic mass is 32.1. The maximum Gasteiger partial charge on any atom is 0.262 e. The van der Waals surface area contributed by atoms with Crippen LogP contribution in [0.1, 0.15) is 54.5 Å². The smallest absolute Gasteiger partial charge is 0.262 e. The van der Waals surface area contributed by atoms with Crippen LogP contribution >= 0.6 is 11.3 Å². The zero-order chi connectivity index (χ0) is 20.6. The molecule has 1 saturated carbocycles. The number of aromatic nitrogens is 2. The van der Waals surface area contributed by atoms with Crippen molar-refractivity contribution in [3.63, 3.8) is 0 Å². The van der Waals surface area contributed by atoms with Crippen molar-refractivity contribution in [3.8, 4) is 0 Å². The lowest BCUT2D eigenvalue weighted by Gasteiger charge is -2.34. The van der Waals surface area contributed by atoms with Crippen molar-refractivity contribution in [2.75, 3.05) is 6.54 Å². The molecule has 0 spiro atoms. The Morgan fingerprint density at radius 3 is 2.80 bits per heavy atom. The Bertz CT molecular complexity index is 1080. The minimum absolute atomic E-state index is 0.0734. The monoisotopic (exact) mass is 423 g/mol. The van der Waals surface area contributed by atoms with Crippen LogP contribution in [0.15, 0.2) is 41.5 Å². The van der Waals surface area contributed by atoms with E-state index in [4.69, 9.17) is 0 Å². The van der Waals surface area contributed by atoms with E-state index in [1.807, 2.05) is 30.3 Å². The molecule has 30 heavy (non-hydrogen) atoms. The maximum absolute atomic E-state index is 13.2. The Morgan fingerprint density at radius 1 is 1.20 bits per heavy atom. The molecule has 2 N–H and O–H groups in total. The lowest BCUT2D eigenvalue weighted by atomic mass is 9.84. The van der Waals surface area contributed by atoms with E-state index in [9.17, 15) is 9.90 Å². The number of aliphatic hydroxyl groups is 1. The van der Waals surface area contributed by atoms with Crippen LogP contribution in [0.25, 0.3) is 10.2 Å². The van der Waals surface area contributed by atoms with Crippen molar-refractivity contribution in [3.05, 3.63) is 63.0 Å². The third-order valence-corrected chi connectivity index (χ3v) is 7.90. The number of hydrogen-bond acceptors (Lipinski definition) is 5. The van der Waals surface area contributed by atoms with Gasteiger partial charge in [-0.2, -0.15) is 0 Å². The van der Waals surface area contributed by atoms with Crippen molar-refractivity contribution >= 4 is 21.6 Å². The summed E-state index contributed by atoms with van der Waals surface area (Å²) in [5.74, 6) is 0. The zero-order valence-corrected chi connectivity index (χ0v) is 18.1. The summed E-state index contributed by atoms with van der Waals surface area (Å²) >= 11 is 1.67. The molecule has 2 aromatic heterocycles. The first kappa shape index (κ1) is 19.9. The van der Waals surface area contributed by atoms with Crippen LogP contribution in [-0.2, 0) is 19.4 Å². The molecular weight excluding hydrogens is 394 g/mol. The summed E-state index contributed by atoms with van der Waals surface area (Å²) in [6, 6.07) is 10.4. The molecule has 3 aromatic rings. The van der Waals surface area contributed by atoms with Crippen LogP contribution in [-0.4, -0.2) is 32.8 Å². The molecule has 2 aliphatic rings. The van der Waals surface area contributed by atoms with Gasteiger partial charge in [0.25, 0.3) is 5.56 Å². The van der Waals surface area contributed by atoms with E-state index in [1.165, 1.54) is 16.9 Å². The van der Waals surface area contributed by atoms with Crippen molar-refractivity contribution in [2.45, 2.75) is 69.6 Å². The third-order valence-electron chi connectivity index (χ3n) is 6.74. The molecule has 5 rings (SSSR count). The average Bonchev–Trinajstić information content (AvgIpc) is 3.14. The minimum Gasteiger partial charge on any atom is -0.389 e. The number of hydrogen-bond donors (Lipinski definition) is 2. The second-order valence-electron chi connectivity index (χ2n) is 8.95. The second-order valence-corrected chi connectivity index (χ2v) is 10.0. The molecule has 5 nitrogen and oxygen atoms in total. The first-order valence-electron chi connectivity index (χ1n) is 11.1. The molecule has 1 atom stereocenters. The van der Waals surface area contributed by atoms with Gasteiger partial charge in [0.15, 0.2) is 0 Å². The van der Waals surface area contributed by atoms with Crippen molar-refractivity contribution in [1.29, 1.82) is 0 Å². The van der Waals surface area contributed by atoms with Gasteiger partial charge in [-0.25, -0.2) is 4.98 Å². The fraction of sp³-hybridized carbons (Fsp3) is 0.500. The van der Waals surface area contributed by atoms with Gasteiger partial charge in [-0.1, -0.05) is 49.6 Å². The van der Waals surface area contributed by atoms with Crippen LogP contribution in [0.4, 0.5) is 0 Å². The van der Waals surface area contributed by atoms with E-state index in [-0.39, 0.29) is 5.56 Å². The van der Waals surface area contributed by atoms with Crippen molar-refractivity contribution in [2.24, 2.45) is 0 Å². The van der Waals surface area contributed by atoms with Gasteiger partial charge in [-0.05, 0) is 43.2 Å². The Morgan fingerprint density at radius 2 is 2.00 bits per heavy atom. The van der Waals surface area contributed by atoms with Gasteiger partial charge in [0.1, 0.15) is 4.83 Å². The average molecular weight is 424 g/mol. The number of nitrogens with zero attached hydrogens (tertiary/aromatic N) is 2. The summed E-state index contributed by atoms with van der Waals surface area (Å²) in [5.41, 5.74) is 1.84. The maximum atomic E-state index is 13.2. The van der Waals surface area contributed by atoms with E-state index in [2.05, 4.69) is 10.3 Å². The summed E-state index contributed by atoms with van der Waals surface area (Å²) in [5, 5.41) is 15.2. The third kappa shape index (κ3) is 3.96. The van der Waals surface area contributed by atoms with Gasteiger partial charge in [0.2, 0.25) is 0 Å². The van der Waals surface area contributed by atoms with E-state index in [0.29, 0.717) is 19.1 Å². The molecule has 1 fully saturated rings. The number of aryl methyl sites for hydroxylation is 1. The molecule has 1 aromatic carbocycles. The first-order chi connectivity index (χ1) is 14.6. The Labute approximate surface area is 180 Å². The molecular formula is C24H29N3O2S. The number of benzene rings is 1. The summed E-state index contributed by atoms with van der Waals surface area (Å²) in [6.07, 6.45) is 9.83. The topological polar surface area (TPSA) is 67.2 Å². The highest BCUT2D eigenvalue weighted by Crippen LogP contribution is 2.34. The summed E-state index contributed by atoms with van der Waals surface area (Å²) in [4.78, 5) is 20.0. The number of nitrogens with one attached hydrogen (secondary N) is 1. The van der Waals surface area contributed by atoms with Crippen molar-refractivity contribution in [1.82, 2.24) is 14.9 Å². The highest BCUT2D eigenvalue weighted by molar-refractivity contribution is 7.18. The van der Waals surface area contributed by atoms with E-state index < -0.39 is 5.60 Å². The van der Waals surface area contributed by atoms with Gasteiger partial charge in [-0.15, -0.1) is 11.3 Å². The van der Waals surface area contributed by atoms with Crippen molar-refractivity contribution < 1.29 is 5.11 Å². The van der Waals surface area contributed by atoms with Crippen LogP contribution in [0.2, 0.25) is 0 Å². The molecule has 2 aliphatic carbocycles. The standard InChI is InChI=1S/C24H29N3O2S/c28-23-21-19-10-9-18(25-15-24(29)11-5-2-6-12-24)13-20(19)30-22(21)26-16-27(23)14-17-7-3-1-4-8-17/h1,3-4,7-8,16,18,25,29H,2,5-6,9-15H2. The molecule has 0 aliphatic heterocycles. The predicted octanol–water partition coefficient (Wildman–Crippen LogP) is 3.65. The first-order valence-corrected chi connectivity index (χ1v) is 11.9. The second kappa shape index (κ2) is 8.25. The summed E-state index contributed by atoms with van der Waals surface area (Å²) in [7, 11) is 0. The van der Waals surface area contributed by atoms with Gasteiger partial charge >= 0.3 is 0 Å². The number of rotatable bonds is 5. The molecule has 158 valence electrons. The predicted molar refractivity (Wildman–Crippen MR) is 121 cm³/mol. The number of fused-ring (bicyclic) bond motifs is 3. The van der Waals surface area contributed by atoms with Gasteiger partial charge < -0.3 is 10.4 Å². The Balaban J connectivity index is 1.34. The molecule has 0 bridgehead atoms. The lowest BCUT2D eigenvalue weighted by Crippen LogP contribution is -2.47. The lowest BCUT2D eigenvalue weighted by molar-refractivity contribution is 0.00234. The summed E-state index contributed by atoms with van der Waals surface area (Å²) in [6.45, 7) is 1.23.